The first-order valence-electron chi connectivity index (χ1n) is 4.91. The Morgan fingerprint density at radius 1 is 0.562 bits per heavy atom. The molecule has 0 bridgehead atoms. The molecule has 0 unspecified atom stereocenters. The maximum Gasteiger partial charge on any atom is 0.0115 e. The highest BCUT2D eigenvalue weighted by atomic mass is 35.5. The van der Waals surface area contributed by atoms with E-state index in [0.717, 1.165) is 10.4 Å². The summed E-state index contributed by atoms with van der Waals surface area (Å²) in [6.07, 6.45) is 0. The molecule has 0 aliphatic carbocycles. The Balaban J connectivity index is 2.70. The number of benzene rings is 2. The summed E-state index contributed by atoms with van der Waals surface area (Å²) in [5.74, 6) is 0. The van der Waals surface area contributed by atoms with Gasteiger partial charge in [-0.15, -0.1) is 0 Å². The molecule has 0 fully saturated rings. The van der Waals surface area contributed by atoms with Crippen molar-refractivity contribution in [2.75, 3.05) is 0 Å². The standard InChI is InChI=1S/C14H10Cl2/c15-9-11-1-5-13(6-2-11)14-7-3-12(10-16)4-8-14/h1-10H. The number of rotatable bonds is 0. The van der Waals surface area contributed by atoms with Crippen LogP contribution in [0.4, 0.5) is 0 Å². The van der Waals surface area contributed by atoms with Crippen LogP contribution in [0.5, 0.6) is 0 Å². The smallest absolute Gasteiger partial charge is 0.0115 e. The molecule has 0 saturated heterocycles. The largest absolute Gasteiger partial charge is 0.0923 e. The minimum absolute atomic E-state index is 1.01. The topological polar surface area (TPSA) is 0 Å². The predicted octanol–water partition coefficient (Wildman–Crippen LogP) is 2.93. The molecule has 0 heterocycles. The summed E-state index contributed by atoms with van der Waals surface area (Å²) in [6, 6.07) is 16.2. The fourth-order valence-electron chi connectivity index (χ4n) is 1.50. The van der Waals surface area contributed by atoms with E-state index >= 15 is 0 Å². The van der Waals surface area contributed by atoms with Crippen LogP contribution in [-0.2, 0) is 0 Å². The van der Waals surface area contributed by atoms with Crippen molar-refractivity contribution in [1.29, 1.82) is 0 Å². The lowest BCUT2D eigenvalue weighted by Crippen LogP contribution is -1.96. The van der Waals surface area contributed by atoms with E-state index in [9.17, 15) is 0 Å². The van der Waals surface area contributed by atoms with Crippen molar-refractivity contribution < 1.29 is 0 Å². The molecule has 2 heteroatoms. The zero-order chi connectivity index (χ0) is 11.4. The fraction of sp³-hybridized carbons (Fsp3) is 0. The zero-order valence-electron chi connectivity index (χ0n) is 8.53. The Labute approximate surface area is 104 Å². The predicted molar refractivity (Wildman–Crippen MR) is 70.4 cm³/mol. The third-order valence-corrected chi connectivity index (χ3v) is 2.91. The van der Waals surface area contributed by atoms with Crippen LogP contribution in [0.3, 0.4) is 0 Å². The van der Waals surface area contributed by atoms with Gasteiger partial charge in [0.25, 0.3) is 0 Å². The quantitative estimate of drug-likeness (QED) is 0.673. The average molecular weight is 249 g/mol. The Hall–Kier alpha value is -1.24. The van der Waals surface area contributed by atoms with Crippen molar-refractivity contribution in [3.05, 3.63) is 69.4 Å². The van der Waals surface area contributed by atoms with Crippen molar-refractivity contribution in [2.45, 2.75) is 0 Å². The van der Waals surface area contributed by atoms with Crippen molar-refractivity contribution in [3.8, 4) is 0 Å². The van der Waals surface area contributed by atoms with Crippen molar-refractivity contribution in [3.63, 3.8) is 0 Å². The van der Waals surface area contributed by atoms with Crippen LogP contribution in [0.2, 0.25) is 0 Å². The molecule has 0 saturated carbocycles. The van der Waals surface area contributed by atoms with Crippen molar-refractivity contribution in [1.82, 2.24) is 0 Å². The minimum atomic E-state index is 1.01. The van der Waals surface area contributed by atoms with Gasteiger partial charge in [0.15, 0.2) is 0 Å². The fourth-order valence-corrected chi connectivity index (χ4v) is 1.79. The summed E-state index contributed by atoms with van der Waals surface area (Å²) in [7, 11) is 0. The second kappa shape index (κ2) is 5.20. The summed E-state index contributed by atoms with van der Waals surface area (Å²) >= 11 is 11.2. The first-order chi connectivity index (χ1) is 7.83. The van der Waals surface area contributed by atoms with Gasteiger partial charge in [0.2, 0.25) is 0 Å². The molecule has 0 nitrogen and oxygen atoms in total. The van der Waals surface area contributed by atoms with E-state index in [1.807, 2.05) is 48.5 Å². The monoisotopic (exact) mass is 248 g/mol. The van der Waals surface area contributed by atoms with Gasteiger partial charge in [0.1, 0.15) is 0 Å². The Morgan fingerprint density at radius 2 is 0.875 bits per heavy atom. The molecule has 80 valence electrons. The van der Waals surface area contributed by atoms with Gasteiger partial charge >= 0.3 is 0 Å². The van der Waals surface area contributed by atoms with Gasteiger partial charge in [-0.25, -0.2) is 0 Å². The van der Waals surface area contributed by atoms with Gasteiger partial charge in [0, 0.05) is 11.1 Å². The molecule has 2 rings (SSSR count). The summed E-state index contributed by atoms with van der Waals surface area (Å²) in [5.41, 5.74) is 3.13. The van der Waals surface area contributed by atoms with E-state index in [1.165, 1.54) is 10.4 Å². The molecule has 0 aliphatic heterocycles. The molecule has 2 aromatic carbocycles. The van der Waals surface area contributed by atoms with Gasteiger partial charge < -0.3 is 0 Å². The van der Waals surface area contributed by atoms with Gasteiger partial charge in [-0.2, -0.15) is 0 Å². The lowest BCUT2D eigenvalue weighted by Gasteiger charge is -1.89. The Kier molecular flexibility index (Phi) is 3.66. The number of hydrogen-bond donors (Lipinski definition) is 0. The molecule has 0 radical (unpaired) electrons. The third-order valence-electron chi connectivity index (χ3n) is 2.41. The molecule has 16 heavy (non-hydrogen) atoms. The summed E-state index contributed by atoms with van der Waals surface area (Å²) < 4.78 is 0. The molecule has 0 N–H and O–H groups in total. The summed E-state index contributed by atoms with van der Waals surface area (Å²) in [4.78, 5) is 0. The molecule has 0 amide bonds. The van der Waals surface area contributed by atoms with E-state index in [-0.39, 0.29) is 0 Å². The number of halogens is 2. The number of hydrogen-bond acceptors (Lipinski definition) is 0. The molecule has 0 spiro atoms. The second-order valence-corrected chi connectivity index (χ2v) is 3.90. The van der Waals surface area contributed by atoms with Gasteiger partial charge in [-0.05, 0) is 20.9 Å². The van der Waals surface area contributed by atoms with E-state index < -0.39 is 0 Å². The van der Waals surface area contributed by atoms with E-state index in [4.69, 9.17) is 23.2 Å². The molecule has 0 aromatic heterocycles. The Bertz CT molecular complexity index is 579. The molecule has 2 aromatic rings. The van der Waals surface area contributed by atoms with Crippen LogP contribution in [-0.4, -0.2) is 0 Å². The van der Waals surface area contributed by atoms with Crippen LogP contribution in [0.15, 0.2) is 48.5 Å². The maximum absolute atomic E-state index is 5.62. The first kappa shape index (κ1) is 11.3. The van der Waals surface area contributed by atoms with Crippen LogP contribution < -0.4 is 10.4 Å². The van der Waals surface area contributed by atoms with Crippen molar-refractivity contribution >= 4 is 34.3 Å². The minimum Gasteiger partial charge on any atom is -0.0923 e. The van der Waals surface area contributed by atoms with Crippen LogP contribution in [0.25, 0.3) is 11.1 Å². The molecule has 0 aliphatic rings. The lowest BCUT2D eigenvalue weighted by atomic mass is 10.2. The van der Waals surface area contributed by atoms with E-state index in [0.29, 0.717) is 0 Å². The molecular weight excluding hydrogens is 239 g/mol. The van der Waals surface area contributed by atoms with Crippen molar-refractivity contribution in [2.24, 2.45) is 0 Å². The van der Waals surface area contributed by atoms with Crippen LogP contribution in [0.1, 0.15) is 0 Å². The highest BCUT2D eigenvalue weighted by Gasteiger charge is 1.83. The maximum atomic E-state index is 5.62. The average Bonchev–Trinajstić information content (AvgIpc) is 2.39. The first-order valence-corrected chi connectivity index (χ1v) is 5.78. The van der Waals surface area contributed by atoms with Crippen LogP contribution >= 0.6 is 23.2 Å². The lowest BCUT2D eigenvalue weighted by molar-refractivity contribution is 1.45. The highest BCUT2D eigenvalue weighted by Crippen LogP contribution is 1.93. The van der Waals surface area contributed by atoms with Gasteiger partial charge in [0.05, 0.1) is 0 Å². The van der Waals surface area contributed by atoms with E-state index in [1.54, 1.807) is 11.1 Å². The van der Waals surface area contributed by atoms with Gasteiger partial charge in [-0.3, -0.25) is 0 Å². The summed E-state index contributed by atoms with van der Waals surface area (Å²) in [6.45, 7) is 0. The molecule has 0 atom stereocenters. The van der Waals surface area contributed by atoms with Crippen LogP contribution in [0, 0.1) is 10.4 Å². The normalized spacial score (nSPS) is 9.88. The highest BCUT2D eigenvalue weighted by molar-refractivity contribution is 6.38. The SMILES string of the molecule is ClC=c1ccc(=c2ccc(=CCl)cc2)cc1. The Morgan fingerprint density at radius 3 is 1.12 bits per heavy atom. The van der Waals surface area contributed by atoms with Gasteiger partial charge in [-0.1, -0.05) is 71.7 Å². The molecular formula is C14H10Cl2. The van der Waals surface area contributed by atoms with E-state index in [2.05, 4.69) is 0 Å². The third kappa shape index (κ3) is 2.46. The summed E-state index contributed by atoms with van der Waals surface area (Å²) in [5, 5.41) is 4.36. The second-order valence-electron chi connectivity index (χ2n) is 3.46. The zero-order valence-corrected chi connectivity index (χ0v) is 10.0.